The molecule has 88 valence electrons. The van der Waals surface area contributed by atoms with Crippen LogP contribution >= 0.6 is 11.8 Å². The average Bonchev–Trinajstić information content (AvgIpc) is 2.14. The topological polar surface area (TPSA) is 24.4 Å². The lowest BCUT2D eigenvalue weighted by molar-refractivity contribution is 0.437. The van der Waals surface area contributed by atoms with E-state index in [0.717, 1.165) is 5.17 Å². The van der Waals surface area contributed by atoms with Crippen molar-refractivity contribution < 1.29 is 0 Å². The van der Waals surface area contributed by atoms with E-state index in [0.29, 0.717) is 23.3 Å². The number of rotatable bonds is 3. The van der Waals surface area contributed by atoms with Gasteiger partial charge in [0.2, 0.25) is 0 Å². The minimum Gasteiger partial charge on any atom is -0.362 e. The molecule has 0 saturated carbocycles. The summed E-state index contributed by atoms with van der Waals surface area (Å²) in [5.74, 6) is 0.709. The highest BCUT2D eigenvalue weighted by molar-refractivity contribution is 8.14. The fourth-order valence-electron chi connectivity index (χ4n) is 1.76. The predicted octanol–water partition coefficient (Wildman–Crippen LogP) is 3.28. The second-order valence-electron chi connectivity index (χ2n) is 4.77. The first-order valence-electron chi connectivity index (χ1n) is 6.03. The largest absolute Gasteiger partial charge is 0.362 e. The van der Waals surface area contributed by atoms with Gasteiger partial charge >= 0.3 is 0 Å². The van der Waals surface area contributed by atoms with Crippen molar-refractivity contribution in [2.24, 2.45) is 10.9 Å². The minimum atomic E-state index is 0.480. The van der Waals surface area contributed by atoms with Crippen molar-refractivity contribution in [3.8, 4) is 0 Å². The lowest BCUT2D eigenvalue weighted by atomic mass is 10.0. The van der Waals surface area contributed by atoms with Crippen LogP contribution in [0.5, 0.6) is 0 Å². The van der Waals surface area contributed by atoms with Gasteiger partial charge in [-0.15, -0.1) is 0 Å². The number of amidine groups is 1. The molecular weight excluding hydrogens is 204 g/mol. The third kappa shape index (κ3) is 4.06. The Kier molecular flexibility index (Phi) is 4.97. The highest BCUT2D eigenvalue weighted by Gasteiger charge is 2.20. The fraction of sp³-hybridized carbons (Fsp3) is 0.917. The van der Waals surface area contributed by atoms with Gasteiger partial charge in [-0.1, -0.05) is 39.0 Å². The summed E-state index contributed by atoms with van der Waals surface area (Å²) in [6.45, 7) is 11.3. The molecule has 0 amide bonds. The zero-order valence-corrected chi connectivity index (χ0v) is 11.4. The van der Waals surface area contributed by atoms with E-state index in [1.165, 1.54) is 12.8 Å². The summed E-state index contributed by atoms with van der Waals surface area (Å²) >= 11 is 1.89. The molecule has 3 heteroatoms. The van der Waals surface area contributed by atoms with Gasteiger partial charge in [0.15, 0.2) is 5.17 Å². The summed E-state index contributed by atoms with van der Waals surface area (Å²) in [5.41, 5.74) is 0. The summed E-state index contributed by atoms with van der Waals surface area (Å²) in [6.07, 6.45) is 2.42. The molecular formula is C12H24N2S. The van der Waals surface area contributed by atoms with Crippen LogP contribution in [0.25, 0.3) is 0 Å². The Bertz CT molecular complexity index is 228. The summed E-state index contributed by atoms with van der Waals surface area (Å²) in [7, 11) is 0. The molecule has 1 aliphatic rings. The Balaban J connectivity index is 2.50. The van der Waals surface area contributed by atoms with Crippen molar-refractivity contribution in [3.05, 3.63) is 0 Å². The molecule has 1 rings (SSSR count). The molecule has 0 radical (unpaired) electrons. The first-order chi connectivity index (χ1) is 7.02. The van der Waals surface area contributed by atoms with Crippen molar-refractivity contribution >= 4 is 16.9 Å². The quantitative estimate of drug-likeness (QED) is 0.801. The Morgan fingerprint density at radius 3 is 2.67 bits per heavy atom. The lowest BCUT2D eigenvalue weighted by Crippen LogP contribution is -2.38. The summed E-state index contributed by atoms with van der Waals surface area (Å²) in [6, 6.07) is 1.01. The number of hydrogen-bond donors (Lipinski definition) is 1. The first kappa shape index (κ1) is 12.9. The van der Waals surface area contributed by atoms with E-state index in [4.69, 9.17) is 0 Å². The second kappa shape index (κ2) is 5.78. The van der Waals surface area contributed by atoms with E-state index in [1.807, 2.05) is 11.8 Å². The van der Waals surface area contributed by atoms with Crippen molar-refractivity contribution in [1.82, 2.24) is 5.32 Å². The van der Waals surface area contributed by atoms with Crippen LogP contribution in [0.3, 0.4) is 0 Å². The molecule has 1 heterocycles. The van der Waals surface area contributed by atoms with Gasteiger partial charge < -0.3 is 5.32 Å². The maximum atomic E-state index is 4.66. The predicted molar refractivity (Wildman–Crippen MR) is 70.6 cm³/mol. The third-order valence-electron chi connectivity index (χ3n) is 3.17. The van der Waals surface area contributed by atoms with Gasteiger partial charge in [-0.25, -0.2) is 0 Å². The van der Waals surface area contributed by atoms with Gasteiger partial charge in [-0.3, -0.25) is 4.99 Å². The standard InChI is InChI=1S/C12H24N2S/c1-6-8(2)11(5)14-12-13-9(3)7-10(4)15-12/h8-11H,6-7H2,1-5H3,(H,13,14). The number of thioether (sulfide) groups is 1. The zero-order valence-electron chi connectivity index (χ0n) is 10.6. The maximum Gasteiger partial charge on any atom is 0.157 e. The Morgan fingerprint density at radius 1 is 1.47 bits per heavy atom. The van der Waals surface area contributed by atoms with Crippen LogP contribution in [0.15, 0.2) is 4.99 Å². The van der Waals surface area contributed by atoms with Gasteiger partial charge in [0.25, 0.3) is 0 Å². The molecule has 2 nitrogen and oxygen atoms in total. The van der Waals surface area contributed by atoms with Gasteiger partial charge in [-0.2, -0.15) is 0 Å². The Hall–Kier alpha value is -0.180. The van der Waals surface area contributed by atoms with E-state index < -0.39 is 0 Å². The lowest BCUT2D eigenvalue weighted by Gasteiger charge is -2.27. The Labute approximate surface area is 98.3 Å². The molecule has 1 aliphatic heterocycles. The molecule has 0 saturated heterocycles. The van der Waals surface area contributed by atoms with E-state index in [9.17, 15) is 0 Å². The van der Waals surface area contributed by atoms with E-state index in [-0.39, 0.29) is 0 Å². The number of nitrogens with one attached hydrogen (secondary N) is 1. The van der Waals surface area contributed by atoms with E-state index >= 15 is 0 Å². The fourth-order valence-corrected chi connectivity index (χ4v) is 3.01. The number of aliphatic imine (C=N–C) groups is 1. The summed E-state index contributed by atoms with van der Waals surface area (Å²) < 4.78 is 0. The summed E-state index contributed by atoms with van der Waals surface area (Å²) in [5, 5.41) is 5.39. The van der Waals surface area contributed by atoms with Crippen LogP contribution in [0.1, 0.15) is 47.5 Å². The highest BCUT2D eigenvalue weighted by Crippen LogP contribution is 2.24. The summed E-state index contributed by atoms with van der Waals surface area (Å²) in [4.78, 5) is 4.66. The second-order valence-corrected chi connectivity index (χ2v) is 6.19. The molecule has 4 unspecified atom stereocenters. The van der Waals surface area contributed by atoms with Gasteiger partial charge in [0, 0.05) is 11.3 Å². The first-order valence-corrected chi connectivity index (χ1v) is 6.91. The van der Waals surface area contributed by atoms with Crippen LogP contribution in [0, 0.1) is 5.92 Å². The van der Waals surface area contributed by atoms with Crippen LogP contribution in [-0.2, 0) is 0 Å². The normalized spacial score (nSPS) is 30.6. The smallest absolute Gasteiger partial charge is 0.157 e. The molecule has 0 aromatic carbocycles. The highest BCUT2D eigenvalue weighted by atomic mass is 32.2. The molecule has 0 fully saturated rings. The monoisotopic (exact) mass is 228 g/mol. The Morgan fingerprint density at radius 2 is 2.13 bits per heavy atom. The molecule has 0 aromatic rings. The number of hydrogen-bond acceptors (Lipinski definition) is 3. The SMILES string of the molecule is CCC(C)C(C)NC1=NC(C)CC(C)S1. The molecule has 1 N–H and O–H groups in total. The van der Waals surface area contributed by atoms with Crippen LogP contribution < -0.4 is 5.32 Å². The third-order valence-corrected chi connectivity index (χ3v) is 4.21. The van der Waals surface area contributed by atoms with E-state index in [1.54, 1.807) is 0 Å². The minimum absolute atomic E-state index is 0.480. The molecule has 4 atom stereocenters. The van der Waals surface area contributed by atoms with Crippen LogP contribution in [0.4, 0.5) is 0 Å². The van der Waals surface area contributed by atoms with Crippen molar-refractivity contribution in [2.75, 3.05) is 0 Å². The average molecular weight is 228 g/mol. The molecule has 0 aliphatic carbocycles. The van der Waals surface area contributed by atoms with Crippen LogP contribution in [-0.4, -0.2) is 22.5 Å². The van der Waals surface area contributed by atoms with Crippen molar-refractivity contribution in [3.63, 3.8) is 0 Å². The van der Waals surface area contributed by atoms with Crippen molar-refractivity contribution in [2.45, 2.75) is 64.8 Å². The molecule has 0 bridgehead atoms. The molecule has 0 spiro atoms. The molecule has 15 heavy (non-hydrogen) atoms. The molecule has 0 aromatic heterocycles. The van der Waals surface area contributed by atoms with Crippen molar-refractivity contribution in [1.29, 1.82) is 0 Å². The van der Waals surface area contributed by atoms with Gasteiger partial charge in [0.05, 0.1) is 6.04 Å². The van der Waals surface area contributed by atoms with E-state index in [2.05, 4.69) is 44.9 Å². The zero-order chi connectivity index (χ0) is 11.4. The number of nitrogens with zero attached hydrogens (tertiary/aromatic N) is 1. The maximum absolute atomic E-state index is 4.66. The van der Waals surface area contributed by atoms with Gasteiger partial charge in [-0.05, 0) is 26.2 Å². The van der Waals surface area contributed by atoms with Gasteiger partial charge in [0.1, 0.15) is 0 Å². The van der Waals surface area contributed by atoms with Crippen LogP contribution in [0.2, 0.25) is 0 Å².